The van der Waals surface area contributed by atoms with E-state index in [4.69, 9.17) is 21.3 Å². The molecule has 4 aliphatic rings. The number of benzene rings is 2. The Labute approximate surface area is 348 Å². The number of halogens is 1. The zero-order valence-corrected chi connectivity index (χ0v) is 34.6. The van der Waals surface area contributed by atoms with Crippen molar-refractivity contribution in [3.05, 3.63) is 91.8 Å². The van der Waals surface area contributed by atoms with Crippen molar-refractivity contribution in [2.24, 2.45) is 4.99 Å². The van der Waals surface area contributed by atoms with Crippen LogP contribution >= 0.6 is 22.9 Å². The molecule has 1 N–H and O–H groups in total. The van der Waals surface area contributed by atoms with Crippen LogP contribution in [0, 0.1) is 20.8 Å². The van der Waals surface area contributed by atoms with E-state index in [1.165, 1.54) is 21.9 Å². The lowest BCUT2D eigenvalue weighted by atomic mass is 9.99. The van der Waals surface area contributed by atoms with E-state index in [1.54, 1.807) is 24.5 Å². The van der Waals surface area contributed by atoms with Gasteiger partial charge in [0.2, 0.25) is 17.7 Å². The van der Waals surface area contributed by atoms with Gasteiger partial charge < -0.3 is 14.5 Å². The number of thiophene rings is 1. The van der Waals surface area contributed by atoms with E-state index in [2.05, 4.69) is 34.3 Å². The van der Waals surface area contributed by atoms with Crippen LogP contribution in [0.25, 0.3) is 5.00 Å². The molecule has 16 nitrogen and oxygen atoms in total. The lowest BCUT2D eigenvalue weighted by Gasteiger charge is -2.35. The first-order valence-electron chi connectivity index (χ1n) is 19.4. The maximum absolute atomic E-state index is 13.9. The Morgan fingerprint density at radius 2 is 1.71 bits per heavy atom. The summed E-state index contributed by atoms with van der Waals surface area (Å²) < 4.78 is 7.83. The number of fused-ring (bicyclic) bond motifs is 4. The topological polar surface area (TPSA) is 180 Å². The van der Waals surface area contributed by atoms with E-state index < -0.39 is 35.7 Å². The third-order valence-corrected chi connectivity index (χ3v) is 12.9. The second kappa shape index (κ2) is 16.1. The number of nitrogens with one attached hydrogen (secondary N) is 1. The van der Waals surface area contributed by atoms with Crippen LogP contribution in [0.15, 0.2) is 47.5 Å². The number of ether oxygens (including phenoxy) is 1. The normalized spacial score (nSPS) is 19.2. The summed E-state index contributed by atoms with van der Waals surface area (Å²) in [6.07, 6.45) is 0.163. The summed E-state index contributed by atoms with van der Waals surface area (Å²) in [6.45, 7) is 8.94. The zero-order valence-electron chi connectivity index (χ0n) is 33.0. The van der Waals surface area contributed by atoms with Crippen molar-refractivity contribution in [2.75, 3.05) is 52.9 Å². The number of carbonyl (C=O) groups excluding carboxylic acids is 6. The quantitative estimate of drug-likeness (QED) is 0.233. The molecule has 4 aromatic rings. The number of piperazine rings is 1. The van der Waals surface area contributed by atoms with Crippen molar-refractivity contribution in [1.82, 2.24) is 39.7 Å². The first-order valence-corrected chi connectivity index (χ1v) is 20.6. The van der Waals surface area contributed by atoms with Crippen LogP contribution in [0.1, 0.15) is 79.2 Å². The fraction of sp³-hybridized carbons (Fsp3) is 0.390. The molecule has 0 aliphatic carbocycles. The molecule has 2 fully saturated rings. The lowest BCUT2D eigenvalue weighted by Crippen LogP contribution is -2.54. The number of amides is 6. The standard InChI is InChI=1S/C41H42ClN9O7S/c1-22-23(2)59-41-34(22)36(25-8-10-26(42)11-9-25)43-28(37-46-45-24(3)50(37)41)20-32(53)49-18-16-48(17-19-49)15-14-47(4)33(54)21-58-30-7-5-6-27-35(30)40(57)51(39(27)56)29-12-13-31(52)44-38(29)55/h5-11,28-29H,12-21H2,1-4H3,(H,44,52,55)/t28-,29?/m0/s1. The van der Waals surface area contributed by atoms with Crippen molar-refractivity contribution < 1.29 is 33.5 Å². The van der Waals surface area contributed by atoms with Gasteiger partial charge in [-0.05, 0) is 57.0 Å². The molecule has 2 aromatic heterocycles. The number of likely N-dealkylation sites (N-methyl/N-ethyl adjacent to an activating group) is 1. The van der Waals surface area contributed by atoms with Crippen molar-refractivity contribution >= 4 is 64.1 Å². The minimum absolute atomic E-state index is 0.00694. The van der Waals surface area contributed by atoms with Crippen LogP contribution in [0.2, 0.25) is 5.02 Å². The lowest BCUT2D eigenvalue weighted by molar-refractivity contribution is -0.136. The van der Waals surface area contributed by atoms with Gasteiger partial charge in [-0.2, -0.15) is 0 Å². The summed E-state index contributed by atoms with van der Waals surface area (Å²) >= 11 is 7.91. The maximum atomic E-state index is 13.9. The first kappa shape index (κ1) is 40.0. The molecule has 4 aliphatic heterocycles. The molecule has 0 bridgehead atoms. The molecule has 0 saturated carbocycles. The van der Waals surface area contributed by atoms with Crippen LogP contribution in [0.4, 0.5) is 0 Å². The largest absolute Gasteiger partial charge is 0.483 e. The molecule has 59 heavy (non-hydrogen) atoms. The highest BCUT2D eigenvalue weighted by Crippen LogP contribution is 2.40. The SMILES string of the molecule is Cc1sc2c(c1C)C(c1ccc(Cl)cc1)=N[C@@H](CC(=O)N1CCN(CCN(C)C(=O)COc3cccc4c3C(=O)N(C3CCC(=O)NC3=O)C4=O)CC1)c1nnc(C)n1-2. The third kappa shape index (κ3) is 7.53. The second-order valence-corrected chi connectivity index (χ2v) is 16.7. The number of rotatable bonds is 10. The molecule has 2 atom stereocenters. The van der Waals surface area contributed by atoms with Gasteiger partial charge in [0.05, 0.1) is 23.3 Å². The second-order valence-electron chi connectivity index (χ2n) is 15.1. The number of aromatic nitrogens is 3. The Bertz CT molecular complexity index is 2440. The number of piperidine rings is 1. The summed E-state index contributed by atoms with van der Waals surface area (Å²) in [5.41, 5.74) is 3.88. The van der Waals surface area contributed by atoms with Crippen molar-refractivity contribution in [2.45, 2.75) is 52.1 Å². The molecular weight excluding hydrogens is 798 g/mol. The Morgan fingerprint density at radius 1 is 0.966 bits per heavy atom. The fourth-order valence-electron chi connectivity index (χ4n) is 7.92. The van der Waals surface area contributed by atoms with E-state index in [0.29, 0.717) is 50.1 Å². The first-order chi connectivity index (χ1) is 28.3. The van der Waals surface area contributed by atoms with Crippen LogP contribution in [-0.4, -0.2) is 134 Å². The summed E-state index contributed by atoms with van der Waals surface area (Å²) in [7, 11) is 1.66. The van der Waals surface area contributed by atoms with Crippen molar-refractivity contribution in [3.63, 3.8) is 0 Å². The van der Waals surface area contributed by atoms with Crippen LogP contribution < -0.4 is 10.1 Å². The smallest absolute Gasteiger partial charge is 0.266 e. The van der Waals surface area contributed by atoms with E-state index in [0.717, 1.165) is 38.1 Å². The fourth-order valence-corrected chi connectivity index (χ4v) is 9.26. The Kier molecular flexibility index (Phi) is 10.9. The molecule has 0 radical (unpaired) electrons. The predicted molar refractivity (Wildman–Crippen MR) is 217 cm³/mol. The molecule has 0 spiro atoms. The Morgan fingerprint density at radius 3 is 2.44 bits per heavy atom. The van der Waals surface area contributed by atoms with E-state index in [-0.39, 0.29) is 54.6 Å². The highest BCUT2D eigenvalue weighted by molar-refractivity contribution is 7.15. The summed E-state index contributed by atoms with van der Waals surface area (Å²) in [5, 5.41) is 12.7. The van der Waals surface area contributed by atoms with Gasteiger partial charge in [-0.3, -0.25) is 53.4 Å². The van der Waals surface area contributed by atoms with Gasteiger partial charge in [-0.15, -0.1) is 21.5 Å². The van der Waals surface area contributed by atoms with Crippen LogP contribution in [-0.2, 0) is 19.2 Å². The molecule has 2 saturated heterocycles. The van der Waals surface area contributed by atoms with Crippen molar-refractivity contribution in [1.29, 1.82) is 0 Å². The van der Waals surface area contributed by atoms with Gasteiger partial charge in [-0.25, -0.2) is 0 Å². The third-order valence-electron chi connectivity index (χ3n) is 11.4. The Hall–Kier alpha value is -5.78. The van der Waals surface area contributed by atoms with Crippen LogP contribution in [0.5, 0.6) is 5.75 Å². The summed E-state index contributed by atoms with van der Waals surface area (Å²) in [6, 6.07) is 10.4. The molecule has 6 heterocycles. The molecular formula is C41H42ClN9O7S. The predicted octanol–water partition coefficient (Wildman–Crippen LogP) is 3.27. The minimum atomic E-state index is -1.11. The molecule has 1 unspecified atom stereocenters. The molecule has 18 heteroatoms. The monoisotopic (exact) mass is 839 g/mol. The Balaban J connectivity index is 0.862. The highest BCUT2D eigenvalue weighted by Gasteiger charge is 2.46. The van der Waals surface area contributed by atoms with Gasteiger partial charge in [0.25, 0.3) is 17.7 Å². The average Bonchev–Trinajstić information content (AvgIpc) is 3.80. The van der Waals surface area contributed by atoms with Gasteiger partial charge in [0, 0.05) is 73.8 Å². The van der Waals surface area contributed by atoms with E-state index >= 15 is 0 Å². The maximum Gasteiger partial charge on any atom is 0.266 e. The highest BCUT2D eigenvalue weighted by atomic mass is 35.5. The molecule has 6 amide bonds. The van der Waals surface area contributed by atoms with Crippen molar-refractivity contribution in [3.8, 4) is 10.8 Å². The molecule has 8 rings (SSSR count). The number of hydrogen-bond acceptors (Lipinski definition) is 12. The van der Waals surface area contributed by atoms with Gasteiger partial charge >= 0.3 is 0 Å². The van der Waals surface area contributed by atoms with E-state index in [9.17, 15) is 28.8 Å². The van der Waals surface area contributed by atoms with Gasteiger partial charge in [-0.1, -0.05) is 29.8 Å². The average molecular weight is 840 g/mol. The van der Waals surface area contributed by atoms with Crippen LogP contribution in [0.3, 0.4) is 0 Å². The van der Waals surface area contributed by atoms with Gasteiger partial charge in [0.15, 0.2) is 12.4 Å². The number of hydrogen-bond donors (Lipinski definition) is 1. The molecule has 2 aromatic carbocycles. The molecule has 306 valence electrons. The summed E-state index contributed by atoms with van der Waals surface area (Å²) in [5.74, 6) is -1.48. The number of nitrogens with zero attached hydrogens (tertiary/aromatic N) is 8. The number of aliphatic imine (C=N–C) groups is 1. The number of imide groups is 2. The minimum Gasteiger partial charge on any atom is -0.483 e. The van der Waals surface area contributed by atoms with E-state index in [1.807, 2.05) is 40.7 Å². The number of carbonyl (C=O) groups is 6. The number of aryl methyl sites for hydroxylation is 2. The van der Waals surface area contributed by atoms with Gasteiger partial charge in [0.1, 0.15) is 28.7 Å². The zero-order chi connectivity index (χ0) is 41.7. The summed E-state index contributed by atoms with van der Waals surface area (Å²) in [4.78, 5) is 90.6.